The molecule has 0 saturated heterocycles. The summed E-state index contributed by atoms with van der Waals surface area (Å²) in [6.07, 6.45) is 0. The van der Waals surface area contributed by atoms with Gasteiger partial charge in [0.15, 0.2) is 0 Å². The SMILES string of the molecule is C=C(C[Si](C)(C)C)C(=O)Cl. The molecule has 0 aromatic rings. The van der Waals surface area contributed by atoms with Crippen LogP contribution in [0.2, 0.25) is 25.7 Å². The first kappa shape index (κ1) is 9.92. The normalized spacial score (nSPS) is 11.2. The molecule has 0 aliphatic rings. The van der Waals surface area contributed by atoms with E-state index < -0.39 is 8.07 Å². The highest BCUT2D eigenvalue weighted by Gasteiger charge is 2.16. The molecule has 0 aromatic carbocycles. The van der Waals surface area contributed by atoms with Gasteiger partial charge in [-0.15, -0.1) is 0 Å². The number of hydrogen-bond acceptors (Lipinski definition) is 1. The second-order valence-corrected chi connectivity index (χ2v) is 9.43. The third-order valence-corrected chi connectivity index (χ3v) is 2.78. The zero-order valence-electron chi connectivity index (χ0n) is 6.70. The maximum absolute atomic E-state index is 10.5. The van der Waals surface area contributed by atoms with E-state index in [4.69, 9.17) is 11.6 Å². The van der Waals surface area contributed by atoms with Gasteiger partial charge in [0, 0.05) is 13.6 Å². The molecule has 0 atom stereocenters. The fourth-order valence-electron chi connectivity index (χ4n) is 0.710. The van der Waals surface area contributed by atoms with Crippen molar-refractivity contribution in [2.75, 3.05) is 0 Å². The molecule has 0 saturated carbocycles. The van der Waals surface area contributed by atoms with Gasteiger partial charge in [-0.3, -0.25) is 4.79 Å². The molecule has 10 heavy (non-hydrogen) atoms. The van der Waals surface area contributed by atoms with E-state index in [1.54, 1.807) is 0 Å². The predicted octanol–water partition coefficient (Wildman–Crippen LogP) is 2.65. The van der Waals surface area contributed by atoms with E-state index in [1.807, 2.05) is 0 Å². The lowest BCUT2D eigenvalue weighted by molar-refractivity contribution is -0.108. The number of rotatable bonds is 3. The van der Waals surface area contributed by atoms with Crippen LogP contribution in [0.25, 0.3) is 0 Å². The van der Waals surface area contributed by atoms with Gasteiger partial charge in [0.1, 0.15) is 0 Å². The van der Waals surface area contributed by atoms with Crippen molar-refractivity contribution >= 4 is 24.9 Å². The first-order chi connectivity index (χ1) is 4.33. The fourth-order valence-corrected chi connectivity index (χ4v) is 2.33. The van der Waals surface area contributed by atoms with Gasteiger partial charge in [0.25, 0.3) is 0 Å². The monoisotopic (exact) mass is 176 g/mol. The van der Waals surface area contributed by atoms with Gasteiger partial charge in [-0.1, -0.05) is 26.2 Å². The summed E-state index contributed by atoms with van der Waals surface area (Å²) < 4.78 is 0. The van der Waals surface area contributed by atoms with Gasteiger partial charge in [-0.05, 0) is 17.6 Å². The van der Waals surface area contributed by atoms with Crippen molar-refractivity contribution < 1.29 is 4.79 Å². The minimum atomic E-state index is -1.19. The predicted molar refractivity (Wildman–Crippen MR) is 48.2 cm³/mol. The molecule has 0 N–H and O–H groups in total. The van der Waals surface area contributed by atoms with Crippen LogP contribution in [-0.4, -0.2) is 13.3 Å². The Bertz CT molecular complexity index is 157. The van der Waals surface area contributed by atoms with E-state index in [9.17, 15) is 4.79 Å². The van der Waals surface area contributed by atoms with Crippen LogP contribution >= 0.6 is 11.6 Å². The largest absolute Gasteiger partial charge is 0.276 e. The summed E-state index contributed by atoms with van der Waals surface area (Å²) in [6.45, 7) is 10.1. The van der Waals surface area contributed by atoms with Crippen LogP contribution in [0.5, 0.6) is 0 Å². The highest BCUT2D eigenvalue weighted by Crippen LogP contribution is 2.16. The Labute approximate surface area is 68.1 Å². The lowest BCUT2D eigenvalue weighted by atomic mass is 10.4. The summed E-state index contributed by atoms with van der Waals surface area (Å²) in [4.78, 5) is 10.5. The molecular weight excluding hydrogens is 164 g/mol. The first-order valence-electron chi connectivity index (χ1n) is 3.20. The summed E-state index contributed by atoms with van der Waals surface area (Å²) >= 11 is 5.22. The molecule has 0 heterocycles. The maximum Gasteiger partial charge on any atom is 0.247 e. The van der Waals surface area contributed by atoms with Crippen LogP contribution in [0.15, 0.2) is 12.2 Å². The Morgan fingerprint density at radius 3 is 2.00 bits per heavy atom. The molecule has 0 spiro atoms. The Morgan fingerprint density at radius 2 is 1.90 bits per heavy atom. The summed E-state index contributed by atoms with van der Waals surface area (Å²) in [5.41, 5.74) is 0.556. The zero-order valence-corrected chi connectivity index (χ0v) is 8.46. The van der Waals surface area contributed by atoms with E-state index in [0.29, 0.717) is 5.57 Å². The molecule has 3 heteroatoms. The van der Waals surface area contributed by atoms with Crippen LogP contribution in [0, 0.1) is 0 Å². The molecule has 0 rings (SSSR count). The molecule has 0 aliphatic heterocycles. The third-order valence-electron chi connectivity index (χ3n) is 1.02. The number of hydrogen-bond donors (Lipinski definition) is 0. The summed E-state index contributed by atoms with van der Waals surface area (Å²) in [6, 6.07) is 0.801. The van der Waals surface area contributed by atoms with Crippen molar-refractivity contribution in [3.8, 4) is 0 Å². The van der Waals surface area contributed by atoms with Crippen molar-refractivity contribution in [2.45, 2.75) is 25.7 Å². The molecule has 0 amide bonds. The molecule has 0 radical (unpaired) electrons. The van der Waals surface area contributed by atoms with E-state index in [0.717, 1.165) is 6.04 Å². The van der Waals surface area contributed by atoms with Crippen molar-refractivity contribution in [1.82, 2.24) is 0 Å². The van der Waals surface area contributed by atoms with E-state index in [-0.39, 0.29) is 5.24 Å². The zero-order chi connectivity index (χ0) is 8.36. The van der Waals surface area contributed by atoms with Gasteiger partial charge in [-0.25, -0.2) is 0 Å². The lowest BCUT2D eigenvalue weighted by Crippen LogP contribution is -2.20. The second-order valence-electron chi connectivity index (χ2n) is 3.61. The molecule has 58 valence electrons. The molecule has 0 aliphatic carbocycles. The quantitative estimate of drug-likeness (QED) is 0.367. The lowest BCUT2D eigenvalue weighted by Gasteiger charge is -2.14. The van der Waals surface area contributed by atoms with Gasteiger partial charge in [-0.2, -0.15) is 0 Å². The molecule has 0 unspecified atom stereocenters. The van der Waals surface area contributed by atoms with E-state index >= 15 is 0 Å². The van der Waals surface area contributed by atoms with Crippen molar-refractivity contribution in [1.29, 1.82) is 0 Å². The summed E-state index contributed by atoms with van der Waals surface area (Å²) in [7, 11) is -1.19. The van der Waals surface area contributed by atoms with E-state index in [1.165, 1.54) is 0 Å². The van der Waals surface area contributed by atoms with Crippen LogP contribution in [0.4, 0.5) is 0 Å². The molecule has 1 nitrogen and oxygen atoms in total. The van der Waals surface area contributed by atoms with Gasteiger partial charge in [0.2, 0.25) is 5.24 Å². The molecule has 0 fully saturated rings. The van der Waals surface area contributed by atoms with Crippen LogP contribution < -0.4 is 0 Å². The highest BCUT2D eigenvalue weighted by molar-refractivity contribution is 6.78. The summed E-state index contributed by atoms with van der Waals surface area (Å²) in [5, 5.41) is -0.387. The number of allylic oxidation sites excluding steroid dienone is 1. The fraction of sp³-hybridized carbons (Fsp3) is 0.571. The third kappa shape index (κ3) is 4.76. The standard InChI is InChI=1S/C7H13ClOSi/c1-6(7(8)9)5-10(2,3)4/h1,5H2,2-4H3. The van der Waals surface area contributed by atoms with Crippen molar-refractivity contribution in [2.24, 2.45) is 0 Å². The van der Waals surface area contributed by atoms with Gasteiger partial charge < -0.3 is 0 Å². The topological polar surface area (TPSA) is 17.1 Å². The average molecular weight is 177 g/mol. The Hall–Kier alpha value is -0.0831. The molecule has 0 bridgehead atoms. The van der Waals surface area contributed by atoms with E-state index in [2.05, 4.69) is 26.2 Å². The second kappa shape index (κ2) is 3.35. The van der Waals surface area contributed by atoms with Crippen LogP contribution in [0.1, 0.15) is 0 Å². The smallest absolute Gasteiger partial charge is 0.247 e. The first-order valence-corrected chi connectivity index (χ1v) is 7.29. The van der Waals surface area contributed by atoms with Gasteiger partial charge >= 0.3 is 0 Å². The highest BCUT2D eigenvalue weighted by atomic mass is 35.5. The van der Waals surface area contributed by atoms with Crippen LogP contribution in [0.3, 0.4) is 0 Å². The maximum atomic E-state index is 10.5. The van der Waals surface area contributed by atoms with Crippen molar-refractivity contribution in [3.63, 3.8) is 0 Å². The average Bonchev–Trinajstić information content (AvgIpc) is 1.60. The minimum absolute atomic E-state index is 0.387. The molecule has 0 aromatic heterocycles. The Kier molecular flexibility index (Phi) is 3.32. The Morgan fingerprint density at radius 1 is 1.50 bits per heavy atom. The van der Waals surface area contributed by atoms with Crippen molar-refractivity contribution in [3.05, 3.63) is 12.2 Å². The molecular formula is C7H13ClOSi. The summed E-state index contributed by atoms with van der Waals surface area (Å²) in [5.74, 6) is 0. The minimum Gasteiger partial charge on any atom is -0.276 e. The number of carbonyl (C=O) groups is 1. The van der Waals surface area contributed by atoms with Crippen LogP contribution in [-0.2, 0) is 4.79 Å². The van der Waals surface area contributed by atoms with Gasteiger partial charge in [0.05, 0.1) is 0 Å². The number of carbonyl (C=O) groups excluding carboxylic acids is 1. The number of halogens is 1. The Balaban J connectivity index is 3.93.